The van der Waals surface area contributed by atoms with Crippen LogP contribution in [0.1, 0.15) is 34.6 Å². The number of amidine groups is 1. The molecule has 0 atom stereocenters. The molecule has 0 aromatic carbocycles. The summed E-state index contributed by atoms with van der Waals surface area (Å²) in [6.45, 7) is 5.92. The number of carboxylic acid groups (broad SMARTS) is 1. The Hall–Kier alpha value is -2.13. The van der Waals surface area contributed by atoms with Gasteiger partial charge in [-0.2, -0.15) is 0 Å². The van der Waals surface area contributed by atoms with Crippen LogP contribution < -0.4 is 10.6 Å². The zero-order valence-electron chi connectivity index (χ0n) is 12.3. The monoisotopic (exact) mass is 326 g/mol. The second-order valence-electron chi connectivity index (χ2n) is 4.90. The molecule has 0 radical (unpaired) electrons. The highest BCUT2D eigenvalue weighted by atomic mass is 32.1. The zero-order valence-corrected chi connectivity index (χ0v) is 13.2. The van der Waals surface area contributed by atoms with E-state index in [1.807, 2.05) is 0 Å². The number of thiophene rings is 1. The van der Waals surface area contributed by atoms with Crippen LogP contribution in [0.15, 0.2) is 5.16 Å². The molecule has 0 aliphatic carbocycles. The quantitative estimate of drug-likeness (QED) is 0.292. The molecule has 0 spiro atoms. The van der Waals surface area contributed by atoms with Crippen molar-refractivity contribution in [3.05, 3.63) is 16.0 Å². The lowest BCUT2D eigenvalue weighted by Gasteiger charge is -2.25. The van der Waals surface area contributed by atoms with Crippen molar-refractivity contribution in [3.8, 4) is 0 Å². The van der Waals surface area contributed by atoms with E-state index in [-0.39, 0.29) is 5.84 Å². The van der Waals surface area contributed by atoms with Crippen LogP contribution in [0.2, 0.25) is 0 Å². The average molecular weight is 326 g/mol. The number of hydrogen-bond donors (Lipinski definition) is 4. The summed E-state index contributed by atoms with van der Waals surface area (Å²) in [6, 6.07) is 0. The average Bonchev–Trinajstić information content (AvgIpc) is 2.82. The largest absolute Gasteiger partial charge is 0.465 e. The summed E-state index contributed by atoms with van der Waals surface area (Å²) in [7, 11) is 0. The minimum Gasteiger partial charge on any atom is -0.465 e. The van der Waals surface area contributed by atoms with Crippen LogP contribution in [0.3, 0.4) is 0 Å². The van der Waals surface area contributed by atoms with Gasteiger partial charge in [0.15, 0.2) is 0 Å². The molecule has 4 N–H and O–H groups in total. The van der Waals surface area contributed by atoms with Crippen molar-refractivity contribution in [2.24, 2.45) is 5.16 Å². The van der Waals surface area contributed by atoms with Gasteiger partial charge in [0.05, 0.1) is 5.56 Å². The van der Waals surface area contributed by atoms with Crippen LogP contribution in [0.5, 0.6) is 0 Å². The van der Waals surface area contributed by atoms with Crippen LogP contribution in [-0.4, -0.2) is 46.1 Å². The fourth-order valence-corrected chi connectivity index (χ4v) is 3.68. The Labute approximate surface area is 131 Å². The van der Waals surface area contributed by atoms with E-state index in [0.29, 0.717) is 23.5 Å². The summed E-state index contributed by atoms with van der Waals surface area (Å²) in [5.74, 6) is -0.418. The maximum atomic E-state index is 12.4. The Kier molecular flexibility index (Phi) is 4.99. The van der Waals surface area contributed by atoms with Crippen LogP contribution in [-0.2, 0) is 13.0 Å². The molecular weight excluding hydrogens is 308 g/mol. The Morgan fingerprint density at radius 2 is 2.18 bits per heavy atom. The summed E-state index contributed by atoms with van der Waals surface area (Å²) in [5, 5.41) is 25.6. The van der Waals surface area contributed by atoms with Crippen molar-refractivity contribution in [3.63, 3.8) is 0 Å². The van der Waals surface area contributed by atoms with E-state index < -0.39 is 12.0 Å². The van der Waals surface area contributed by atoms with Gasteiger partial charge in [0, 0.05) is 18.0 Å². The molecule has 120 valence electrons. The molecule has 0 fully saturated rings. The van der Waals surface area contributed by atoms with Crippen molar-refractivity contribution in [1.29, 1.82) is 0 Å². The zero-order chi connectivity index (χ0) is 16.3. The molecular formula is C13H18N4O4S. The molecule has 1 aromatic rings. The van der Waals surface area contributed by atoms with E-state index in [4.69, 9.17) is 10.3 Å². The number of carbonyl (C=O) groups is 2. The molecule has 1 aliphatic rings. The molecule has 2 heterocycles. The van der Waals surface area contributed by atoms with Gasteiger partial charge in [-0.1, -0.05) is 12.1 Å². The van der Waals surface area contributed by atoms with Crippen molar-refractivity contribution < 1.29 is 19.9 Å². The molecule has 1 aromatic heterocycles. The standard InChI is InChI=1S/C13H18N4O4S/c1-3-17-5-4-8-9(6-17)22-12(15-13(19)20)10(8)11(18)14-7(2)16-21/h15,21H,3-6H2,1-2H3,(H,19,20)(H,14,16,18). The van der Waals surface area contributed by atoms with E-state index in [9.17, 15) is 9.59 Å². The first-order valence-electron chi connectivity index (χ1n) is 6.83. The Bertz CT molecular complexity index is 626. The normalized spacial score (nSPS) is 15.3. The van der Waals surface area contributed by atoms with Crippen LogP contribution in [0, 0.1) is 0 Å². The smallest absolute Gasteiger partial charge is 0.409 e. The van der Waals surface area contributed by atoms with E-state index in [2.05, 4.69) is 27.6 Å². The van der Waals surface area contributed by atoms with Gasteiger partial charge in [-0.25, -0.2) is 4.79 Å². The number of nitrogens with one attached hydrogen (secondary N) is 2. The fourth-order valence-electron chi connectivity index (χ4n) is 2.40. The predicted octanol–water partition coefficient (Wildman–Crippen LogP) is 1.75. The first-order chi connectivity index (χ1) is 10.5. The van der Waals surface area contributed by atoms with E-state index >= 15 is 0 Å². The Morgan fingerprint density at radius 1 is 1.45 bits per heavy atom. The highest BCUT2D eigenvalue weighted by molar-refractivity contribution is 7.17. The molecule has 2 amide bonds. The fraction of sp³-hybridized carbons (Fsp3) is 0.462. The van der Waals surface area contributed by atoms with Crippen molar-refractivity contribution >= 4 is 34.2 Å². The summed E-state index contributed by atoms with van der Waals surface area (Å²) >= 11 is 1.28. The number of anilines is 1. The van der Waals surface area contributed by atoms with Gasteiger partial charge in [0.25, 0.3) is 5.91 Å². The van der Waals surface area contributed by atoms with Gasteiger partial charge in [-0.3, -0.25) is 15.0 Å². The maximum Gasteiger partial charge on any atom is 0.409 e. The minimum absolute atomic E-state index is 0.0530. The second kappa shape index (κ2) is 6.75. The van der Waals surface area contributed by atoms with Gasteiger partial charge in [-0.05, 0) is 25.5 Å². The lowest BCUT2D eigenvalue weighted by Crippen LogP contribution is -2.32. The number of hydrogen-bond acceptors (Lipinski definition) is 6. The lowest BCUT2D eigenvalue weighted by molar-refractivity contribution is 0.0975. The van der Waals surface area contributed by atoms with Crippen molar-refractivity contribution in [2.45, 2.75) is 26.8 Å². The second-order valence-corrected chi connectivity index (χ2v) is 6.00. The van der Waals surface area contributed by atoms with Gasteiger partial charge in [0.1, 0.15) is 10.8 Å². The first-order valence-corrected chi connectivity index (χ1v) is 7.64. The molecule has 22 heavy (non-hydrogen) atoms. The highest BCUT2D eigenvalue weighted by Crippen LogP contribution is 2.37. The third kappa shape index (κ3) is 3.37. The Balaban J connectivity index is 2.39. The van der Waals surface area contributed by atoms with Crippen LogP contribution in [0.25, 0.3) is 0 Å². The van der Waals surface area contributed by atoms with Gasteiger partial charge in [0.2, 0.25) is 0 Å². The number of fused-ring (bicyclic) bond motifs is 1. The predicted molar refractivity (Wildman–Crippen MR) is 83.0 cm³/mol. The maximum absolute atomic E-state index is 12.4. The SMILES string of the molecule is CCN1CCc2c(sc(NC(=O)O)c2C(=O)NC(C)=NO)C1. The molecule has 8 nitrogen and oxygen atoms in total. The number of carbonyl (C=O) groups excluding carboxylic acids is 1. The molecule has 9 heteroatoms. The van der Waals surface area contributed by atoms with Gasteiger partial charge >= 0.3 is 6.09 Å². The number of rotatable bonds is 3. The van der Waals surface area contributed by atoms with Gasteiger partial charge < -0.3 is 15.6 Å². The minimum atomic E-state index is -1.22. The topological polar surface area (TPSA) is 114 Å². The molecule has 1 aliphatic heterocycles. The van der Waals surface area contributed by atoms with Crippen LogP contribution >= 0.6 is 11.3 Å². The number of nitrogens with zero attached hydrogens (tertiary/aromatic N) is 2. The van der Waals surface area contributed by atoms with Gasteiger partial charge in [-0.15, -0.1) is 11.3 Å². The summed E-state index contributed by atoms with van der Waals surface area (Å²) in [6.07, 6.45) is -0.536. The van der Waals surface area contributed by atoms with E-state index in [0.717, 1.165) is 23.5 Å². The van der Waals surface area contributed by atoms with Crippen LogP contribution in [0.4, 0.5) is 9.80 Å². The lowest BCUT2D eigenvalue weighted by atomic mass is 10.0. The third-order valence-electron chi connectivity index (χ3n) is 3.48. The summed E-state index contributed by atoms with van der Waals surface area (Å²) < 4.78 is 0. The molecule has 0 saturated heterocycles. The third-order valence-corrected chi connectivity index (χ3v) is 4.61. The van der Waals surface area contributed by atoms with Crippen molar-refractivity contribution in [2.75, 3.05) is 18.4 Å². The number of likely N-dealkylation sites (N-methyl/N-ethyl adjacent to an activating group) is 1. The highest BCUT2D eigenvalue weighted by Gasteiger charge is 2.28. The number of oxime groups is 1. The summed E-state index contributed by atoms with van der Waals surface area (Å²) in [4.78, 5) is 26.5. The first kappa shape index (κ1) is 16.2. The van der Waals surface area contributed by atoms with E-state index in [1.165, 1.54) is 18.3 Å². The van der Waals surface area contributed by atoms with Crippen molar-refractivity contribution in [1.82, 2.24) is 10.2 Å². The van der Waals surface area contributed by atoms with E-state index in [1.54, 1.807) is 0 Å². The molecule has 2 rings (SSSR count). The molecule has 0 unspecified atom stereocenters. The summed E-state index contributed by atoms with van der Waals surface area (Å²) in [5.41, 5.74) is 1.18. The molecule has 0 saturated carbocycles. The number of amides is 2. The molecule has 0 bridgehead atoms. The Morgan fingerprint density at radius 3 is 2.77 bits per heavy atom.